The van der Waals surface area contributed by atoms with Gasteiger partial charge in [-0.1, -0.05) is 36.4 Å². The molecule has 0 saturated carbocycles. The highest BCUT2D eigenvalue weighted by atomic mass is 32.2. The molecule has 0 unspecified atom stereocenters. The molecule has 0 aliphatic rings. The van der Waals surface area contributed by atoms with Crippen LogP contribution in [0.15, 0.2) is 88.7 Å². The van der Waals surface area contributed by atoms with Crippen LogP contribution in [0.1, 0.15) is 0 Å². The summed E-state index contributed by atoms with van der Waals surface area (Å²) in [6.07, 6.45) is 0. The lowest BCUT2D eigenvalue weighted by atomic mass is 10.3. The van der Waals surface area contributed by atoms with Crippen molar-refractivity contribution in [3.8, 4) is 5.75 Å². The molecule has 0 amide bonds. The van der Waals surface area contributed by atoms with Crippen molar-refractivity contribution in [3.05, 3.63) is 78.9 Å². The molecule has 3 aromatic rings. The Morgan fingerprint density at radius 2 is 1.13 bits per heavy atom. The molecule has 30 heavy (non-hydrogen) atoms. The second-order valence-electron chi connectivity index (χ2n) is 6.43. The molecule has 0 atom stereocenters. The molecular formula is C21H22N2O5S2. The molecule has 0 N–H and O–H groups in total. The van der Waals surface area contributed by atoms with Crippen molar-refractivity contribution in [3.63, 3.8) is 0 Å². The van der Waals surface area contributed by atoms with Crippen LogP contribution in [0.2, 0.25) is 0 Å². The molecule has 0 aliphatic heterocycles. The van der Waals surface area contributed by atoms with E-state index in [0.29, 0.717) is 11.4 Å². The fourth-order valence-electron chi connectivity index (χ4n) is 2.88. The summed E-state index contributed by atoms with van der Waals surface area (Å²) in [6.45, 7) is 0. The van der Waals surface area contributed by atoms with Gasteiger partial charge in [-0.2, -0.15) is 0 Å². The average Bonchev–Trinajstić information content (AvgIpc) is 2.78. The van der Waals surface area contributed by atoms with E-state index in [0.717, 1.165) is 14.7 Å². The van der Waals surface area contributed by atoms with Crippen LogP contribution in [-0.4, -0.2) is 38.0 Å². The van der Waals surface area contributed by atoms with Crippen LogP contribution in [0, 0.1) is 0 Å². The summed E-state index contributed by atoms with van der Waals surface area (Å²) in [5.41, 5.74) is 0.897. The highest BCUT2D eigenvalue weighted by Gasteiger charge is 2.29. The van der Waals surface area contributed by atoms with Crippen LogP contribution < -0.4 is 13.3 Å². The largest absolute Gasteiger partial charge is 0.495 e. The van der Waals surface area contributed by atoms with E-state index in [1.807, 2.05) is 0 Å². The van der Waals surface area contributed by atoms with Gasteiger partial charge in [-0.15, -0.1) is 0 Å². The Bertz CT molecular complexity index is 1230. The van der Waals surface area contributed by atoms with E-state index in [1.54, 1.807) is 60.7 Å². The van der Waals surface area contributed by atoms with Gasteiger partial charge in [0.15, 0.2) is 0 Å². The Balaban J connectivity index is 2.10. The van der Waals surface area contributed by atoms with E-state index in [1.165, 1.54) is 33.3 Å². The lowest BCUT2D eigenvalue weighted by Crippen LogP contribution is -2.29. The van der Waals surface area contributed by atoms with Crippen molar-refractivity contribution in [1.82, 2.24) is 0 Å². The maximum atomic E-state index is 13.3. The van der Waals surface area contributed by atoms with Gasteiger partial charge < -0.3 is 4.74 Å². The van der Waals surface area contributed by atoms with Crippen molar-refractivity contribution < 1.29 is 21.6 Å². The minimum absolute atomic E-state index is 0.0547. The molecule has 3 aromatic carbocycles. The van der Waals surface area contributed by atoms with Gasteiger partial charge in [0.05, 0.1) is 23.4 Å². The molecule has 0 fully saturated rings. The molecule has 0 aliphatic carbocycles. The van der Waals surface area contributed by atoms with E-state index in [2.05, 4.69) is 0 Å². The third kappa shape index (κ3) is 3.99. The zero-order valence-electron chi connectivity index (χ0n) is 16.8. The molecule has 158 valence electrons. The molecule has 0 radical (unpaired) electrons. The van der Waals surface area contributed by atoms with Gasteiger partial charge in [0.1, 0.15) is 10.6 Å². The fourth-order valence-corrected chi connectivity index (χ4v) is 5.55. The number of benzene rings is 3. The molecule has 0 saturated heterocycles. The third-order valence-corrected chi connectivity index (χ3v) is 8.26. The smallest absolute Gasteiger partial charge is 0.267 e. The average molecular weight is 447 g/mol. The molecule has 0 bridgehead atoms. The van der Waals surface area contributed by atoms with Crippen molar-refractivity contribution in [2.24, 2.45) is 0 Å². The van der Waals surface area contributed by atoms with E-state index >= 15 is 0 Å². The van der Waals surface area contributed by atoms with Crippen LogP contribution in [0.3, 0.4) is 0 Å². The first-order valence-corrected chi connectivity index (χ1v) is 11.8. The van der Waals surface area contributed by atoms with Gasteiger partial charge in [0, 0.05) is 14.1 Å². The van der Waals surface area contributed by atoms with Crippen LogP contribution in [0.4, 0.5) is 11.4 Å². The number of hydrogen-bond donors (Lipinski definition) is 0. The lowest BCUT2D eigenvalue weighted by molar-refractivity contribution is 0.402. The van der Waals surface area contributed by atoms with Crippen LogP contribution in [0.5, 0.6) is 5.75 Å². The first-order chi connectivity index (χ1) is 14.2. The molecule has 3 rings (SSSR count). The molecule has 9 heteroatoms. The standard InChI is InChI=1S/C21H22N2O5S2/c1-22(17-10-6-4-7-11-17)29(24,25)19-14-15-20(28-3)21(16-19)30(26,27)23(2)18-12-8-5-9-13-18/h4-16H,1-3H3. The SMILES string of the molecule is COc1ccc(S(=O)(=O)N(C)c2ccccc2)cc1S(=O)(=O)N(C)c1ccccc1. The molecule has 0 aromatic heterocycles. The second-order valence-corrected chi connectivity index (χ2v) is 10.3. The number of nitrogens with zero attached hydrogens (tertiary/aromatic N) is 2. The Morgan fingerprint density at radius 1 is 0.667 bits per heavy atom. The summed E-state index contributed by atoms with van der Waals surface area (Å²) in [5, 5.41) is 0. The highest BCUT2D eigenvalue weighted by Crippen LogP contribution is 2.32. The Morgan fingerprint density at radius 3 is 1.60 bits per heavy atom. The van der Waals surface area contributed by atoms with Crippen molar-refractivity contribution in [2.75, 3.05) is 29.8 Å². The van der Waals surface area contributed by atoms with Gasteiger partial charge in [-0.25, -0.2) is 16.8 Å². The van der Waals surface area contributed by atoms with E-state index in [4.69, 9.17) is 4.74 Å². The highest BCUT2D eigenvalue weighted by molar-refractivity contribution is 7.93. The number of para-hydroxylation sites is 2. The number of ether oxygens (including phenoxy) is 1. The maximum Gasteiger partial charge on any atom is 0.267 e. The van der Waals surface area contributed by atoms with Crippen molar-refractivity contribution in [2.45, 2.75) is 9.79 Å². The summed E-state index contributed by atoms with van der Waals surface area (Å²) in [6, 6.07) is 20.8. The third-order valence-electron chi connectivity index (χ3n) is 4.67. The van der Waals surface area contributed by atoms with Gasteiger partial charge in [0.2, 0.25) is 0 Å². The number of hydrogen-bond acceptors (Lipinski definition) is 5. The van der Waals surface area contributed by atoms with Gasteiger partial charge in [-0.05, 0) is 42.5 Å². The predicted molar refractivity (Wildman–Crippen MR) is 117 cm³/mol. The monoisotopic (exact) mass is 446 g/mol. The fraction of sp³-hybridized carbons (Fsp3) is 0.143. The Kier molecular flexibility index (Phi) is 6.04. The minimum atomic E-state index is -4.08. The van der Waals surface area contributed by atoms with E-state index in [-0.39, 0.29) is 15.5 Å². The maximum absolute atomic E-state index is 13.3. The van der Waals surface area contributed by atoms with Gasteiger partial charge >= 0.3 is 0 Å². The molecule has 0 spiro atoms. The van der Waals surface area contributed by atoms with Crippen LogP contribution >= 0.6 is 0 Å². The zero-order chi connectivity index (χ0) is 21.9. The van der Waals surface area contributed by atoms with Crippen LogP contribution in [-0.2, 0) is 20.0 Å². The summed E-state index contributed by atoms with van der Waals surface area (Å²) in [5.74, 6) is 0.0547. The predicted octanol–water partition coefficient (Wildman–Crippen LogP) is 3.35. The summed E-state index contributed by atoms with van der Waals surface area (Å²) >= 11 is 0. The number of sulfonamides is 2. The first-order valence-electron chi connectivity index (χ1n) is 8.95. The Hall–Kier alpha value is -3.04. The van der Waals surface area contributed by atoms with Gasteiger partial charge in [0.25, 0.3) is 20.0 Å². The van der Waals surface area contributed by atoms with E-state index in [9.17, 15) is 16.8 Å². The summed E-state index contributed by atoms with van der Waals surface area (Å²) in [7, 11) is -3.92. The first kappa shape index (κ1) is 21.7. The molecule has 0 heterocycles. The Labute approximate surface area is 177 Å². The van der Waals surface area contributed by atoms with Crippen molar-refractivity contribution in [1.29, 1.82) is 0 Å². The minimum Gasteiger partial charge on any atom is -0.495 e. The van der Waals surface area contributed by atoms with Gasteiger partial charge in [-0.3, -0.25) is 8.61 Å². The lowest BCUT2D eigenvalue weighted by Gasteiger charge is -2.23. The molecule has 7 nitrogen and oxygen atoms in total. The summed E-state index contributed by atoms with van der Waals surface area (Å²) in [4.78, 5) is -0.395. The number of rotatable bonds is 7. The van der Waals surface area contributed by atoms with Crippen LogP contribution in [0.25, 0.3) is 0 Å². The second kappa shape index (κ2) is 8.37. The topological polar surface area (TPSA) is 84.0 Å². The normalized spacial score (nSPS) is 11.7. The summed E-state index contributed by atoms with van der Waals surface area (Å²) < 4.78 is 60.2. The molecular weight excluding hydrogens is 424 g/mol. The van der Waals surface area contributed by atoms with Crippen molar-refractivity contribution >= 4 is 31.4 Å². The van der Waals surface area contributed by atoms with E-state index < -0.39 is 20.0 Å². The quantitative estimate of drug-likeness (QED) is 0.556. The zero-order valence-corrected chi connectivity index (χ0v) is 18.4. The number of anilines is 2. The number of methoxy groups -OCH3 is 1.